The van der Waals surface area contributed by atoms with Gasteiger partial charge in [-0.15, -0.1) is 0 Å². The Labute approximate surface area is 108 Å². The van der Waals surface area contributed by atoms with Crippen molar-refractivity contribution < 1.29 is 28.0 Å². The lowest BCUT2D eigenvalue weighted by Crippen LogP contribution is -2.37. The van der Waals surface area contributed by atoms with Crippen molar-refractivity contribution in [1.29, 1.82) is 0 Å². The summed E-state index contributed by atoms with van der Waals surface area (Å²) in [6, 6.07) is 0. The van der Waals surface area contributed by atoms with Crippen LogP contribution in [0.3, 0.4) is 0 Å². The van der Waals surface area contributed by atoms with Crippen molar-refractivity contribution in [3.8, 4) is 0 Å². The lowest BCUT2D eigenvalue weighted by molar-refractivity contribution is -0.867. The first-order valence-electron chi connectivity index (χ1n) is 5.57. The number of aliphatic hydroxyl groups is 1. The maximum absolute atomic E-state index is 12.1. The fraction of sp³-hybridized carbons (Fsp3) is 0.727. The summed E-state index contributed by atoms with van der Waals surface area (Å²) in [7, 11) is 3.89. The van der Waals surface area contributed by atoms with E-state index in [0.29, 0.717) is 11.0 Å². The first-order chi connectivity index (χ1) is 8.13. The molecule has 0 aliphatic rings. The number of hydrogen-bond donors (Lipinski definition) is 1. The number of hydrogen-bond acceptors (Lipinski definition) is 5. The minimum atomic E-state index is -3.26. The molecule has 0 bridgehead atoms. The summed E-state index contributed by atoms with van der Waals surface area (Å²) in [5.41, 5.74) is 0. The maximum atomic E-state index is 12.1. The topological polar surface area (TPSA) is 72.8 Å². The van der Waals surface area contributed by atoms with E-state index in [4.69, 9.17) is 9.05 Å². The zero-order valence-corrected chi connectivity index (χ0v) is 12.4. The molecule has 0 saturated carbocycles. The van der Waals surface area contributed by atoms with Crippen LogP contribution in [0, 0.1) is 0 Å². The van der Waals surface area contributed by atoms with Crippen LogP contribution in [0.1, 0.15) is 0 Å². The summed E-state index contributed by atoms with van der Waals surface area (Å²) in [6.07, 6.45) is -0.130. The molecule has 0 aromatic carbocycles. The van der Waals surface area contributed by atoms with Gasteiger partial charge in [0.2, 0.25) is 0 Å². The highest BCUT2D eigenvalue weighted by atomic mass is 31.2. The molecule has 0 aliphatic carbocycles. The molecule has 2 atom stereocenters. The zero-order valence-electron chi connectivity index (χ0n) is 11.5. The molecule has 0 amide bonds. The van der Waals surface area contributed by atoms with E-state index in [1.54, 1.807) is 0 Å². The summed E-state index contributed by atoms with van der Waals surface area (Å²) in [6.45, 7) is 3.49. The monoisotopic (exact) mass is 280 g/mol. The van der Waals surface area contributed by atoms with Crippen LogP contribution in [0.25, 0.3) is 0 Å². The number of rotatable bonds is 9. The second kappa shape index (κ2) is 7.16. The largest absolute Gasteiger partial charge is 0.382 e. The van der Waals surface area contributed by atoms with Crippen molar-refractivity contribution in [2.45, 2.75) is 6.10 Å². The van der Waals surface area contributed by atoms with E-state index in [1.165, 1.54) is 7.11 Å². The van der Waals surface area contributed by atoms with E-state index in [2.05, 4.69) is 6.58 Å². The molecule has 0 aromatic rings. The zero-order chi connectivity index (χ0) is 14.4. The van der Waals surface area contributed by atoms with Gasteiger partial charge in [0.1, 0.15) is 6.10 Å². The van der Waals surface area contributed by atoms with Crippen molar-refractivity contribution in [2.75, 3.05) is 47.6 Å². The maximum Gasteiger partial charge on any atom is 0.336 e. The highest BCUT2D eigenvalue weighted by molar-refractivity contribution is 7.53. The van der Waals surface area contributed by atoms with Gasteiger partial charge in [-0.25, -0.2) is 0 Å². The Morgan fingerprint density at radius 1 is 1.50 bits per heavy atom. The van der Waals surface area contributed by atoms with Gasteiger partial charge < -0.3 is 18.6 Å². The fourth-order valence-corrected chi connectivity index (χ4v) is 2.66. The molecule has 0 heterocycles. The van der Waals surface area contributed by atoms with E-state index < -0.39 is 19.5 Å². The molecule has 18 heavy (non-hydrogen) atoms. The number of ketones is 1. The minimum absolute atomic E-state index is 0.224. The third kappa shape index (κ3) is 7.03. The Hall–Kier alpha value is -0.520. The number of quaternary nitrogens is 1. The summed E-state index contributed by atoms with van der Waals surface area (Å²) < 4.78 is 22.7. The predicted octanol–water partition coefficient (Wildman–Crippen LogP) is 0.665. The Kier molecular flexibility index (Phi) is 6.96. The Balaban J connectivity index is 4.36. The average molecular weight is 280 g/mol. The summed E-state index contributed by atoms with van der Waals surface area (Å²) in [5.74, 6) is -0.566. The van der Waals surface area contributed by atoms with Crippen molar-refractivity contribution in [2.24, 2.45) is 0 Å². The predicted molar refractivity (Wildman–Crippen MR) is 69.5 cm³/mol. The van der Waals surface area contributed by atoms with Gasteiger partial charge in [0.15, 0.2) is 5.78 Å². The average Bonchev–Trinajstić information content (AvgIpc) is 2.31. The molecule has 0 fully saturated rings. The van der Waals surface area contributed by atoms with E-state index in [1.807, 2.05) is 21.1 Å². The molecular formula is C11H23NO5P+. The van der Waals surface area contributed by atoms with Gasteiger partial charge in [-0.05, 0) is 6.08 Å². The third-order valence-electron chi connectivity index (χ3n) is 2.28. The Morgan fingerprint density at radius 3 is 2.44 bits per heavy atom. The van der Waals surface area contributed by atoms with E-state index >= 15 is 0 Å². The number of nitrogens with zero attached hydrogens (tertiary/aromatic N) is 1. The second-order valence-corrected chi connectivity index (χ2v) is 7.24. The minimum Gasteiger partial charge on any atom is -0.382 e. The van der Waals surface area contributed by atoms with E-state index in [9.17, 15) is 14.5 Å². The Bertz CT molecular complexity index is 337. The molecule has 0 aromatic heterocycles. The van der Waals surface area contributed by atoms with Crippen LogP contribution in [0.5, 0.6) is 0 Å². The lowest BCUT2D eigenvalue weighted by atomic mass is 10.2. The van der Waals surface area contributed by atoms with Gasteiger partial charge in [0, 0.05) is 7.11 Å². The first kappa shape index (κ1) is 17.5. The van der Waals surface area contributed by atoms with Crippen LogP contribution in [0.2, 0.25) is 0 Å². The van der Waals surface area contributed by atoms with Gasteiger partial charge in [-0.3, -0.25) is 9.36 Å². The highest BCUT2D eigenvalue weighted by Gasteiger charge is 2.28. The molecule has 2 unspecified atom stereocenters. The molecule has 1 N–H and O–H groups in total. The van der Waals surface area contributed by atoms with Gasteiger partial charge in [-0.2, -0.15) is 0 Å². The van der Waals surface area contributed by atoms with Crippen molar-refractivity contribution in [3.63, 3.8) is 0 Å². The van der Waals surface area contributed by atoms with Gasteiger partial charge >= 0.3 is 7.60 Å². The van der Waals surface area contributed by atoms with Crippen molar-refractivity contribution in [3.05, 3.63) is 12.7 Å². The standard InChI is InChI=1S/C11H23NO5P/c1-6-10(13)11(14)9-17-18(15,16-5)8-7-12(2,3)4/h6,11,14H,1,7-9H2,2-5H3/q+1. The SMILES string of the molecule is C=CC(=O)C(O)COP(=O)(CC[N+](C)(C)C)OC. The van der Waals surface area contributed by atoms with Crippen LogP contribution >= 0.6 is 7.60 Å². The number of carbonyl (C=O) groups is 1. The smallest absolute Gasteiger partial charge is 0.336 e. The van der Waals surface area contributed by atoms with E-state index in [0.717, 1.165) is 6.08 Å². The van der Waals surface area contributed by atoms with Crippen LogP contribution in [0.4, 0.5) is 0 Å². The lowest BCUT2D eigenvalue weighted by Gasteiger charge is -2.26. The molecule has 106 valence electrons. The molecule has 0 radical (unpaired) electrons. The fourth-order valence-electron chi connectivity index (χ4n) is 1.03. The summed E-state index contributed by atoms with van der Waals surface area (Å²) >= 11 is 0. The molecule has 0 saturated heterocycles. The van der Waals surface area contributed by atoms with Crippen molar-refractivity contribution >= 4 is 13.4 Å². The molecule has 0 aliphatic heterocycles. The van der Waals surface area contributed by atoms with Gasteiger partial charge in [-0.1, -0.05) is 6.58 Å². The number of carbonyl (C=O) groups excluding carboxylic acids is 1. The van der Waals surface area contributed by atoms with Crippen LogP contribution in [-0.4, -0.2) is 69.0 Å². The third-order valence-corrected chi connectivity index (χ3v) is 4.13. The molecule has 0 spiro atoms. The summed E-state index contributed by atoms with van der Waals surface area (Å²) in [4.78, 5) is 11.1. The van der Waals surface area contributed by atoms with Gasteiger partial charge in [0.25, 0.3) is 0 Å². The molecule has 0 rings (SSSR count). The molecule has 7 heteroatoms. The normalized spacial score (nSPS) is 16.9. The van der Waals surface area contributed by atoms with E-state index in [-0.39, 0.29) is 12.8 Å². The van der Waals surface area contributed by atoms with Crippen LogP contribution in [0.15, 0.2) is 12.7 Å². The first-order valence-corrected chi connectivity index (χ1v) is 7.30. The second-order valence-electron chi connectivity index (χ2n) is 4.95. The summed E-state index contributed by atoms with van der Waals surface area (Å²) in [5, 5.41) is 9.38. The highest BCUT2D eigenvalue weighted by Crippen LogP contribution is 2.47. The number of aliphatic hydroxyl groups excluding tert-OH is 1. The van der Waals surface area contributed by atoms with Crippen LogP contribution < -0.4 is 0 Å². The molecular weight excluding hydrogens is 257 g/mol. The Morgan fingerprint density at radius 2 is 2.06 bits per heavy atom. The van der Waals surface area contributed by atoms with Gasteiger partial charge in [0.05, 0.1) is 40.5 Å². The quantitative estimate of drug-likeness (QED) is 0.382. The van der Waals surface area contributed by atoms with Crippen LogP contribution in [-0.2, 0) is 18.4 Å². The molecule has 6 nitrogen and oxygen atoms in total. The van der Waals surface area contributed by atoms with Crippen molar-refractivity contribution in [1.82, 2.24) is 0 Å².